The SMILES string of the molecule is COc1ccc(C)c2sc(N(Cc3ccco3)C(=O)c3ccc(S(=O)(=O)N4CC(C)OC(C)C4)cc3)nc12. The lowest BCUT2D eigenvalue weighted by molar-refractivity contribution is -0.0440. The van der Waals surface area contributed by atoms with Crippen molar-refractivity contribution in [1.82, 2.24) is 9.29 Å². The average molecular weight is 556 g/mol. The smallest absolute Gasteiger partial charge is 0.260 e. The second-order valence-electron chi connectivity index (χ2n) is 9.33. The van der Waals surface area contributed by atoms with Gasteiger partial charge in [-0.3, -0.25) is 9.69 Å². The van der Waals surface area contributed by atoms with Crippen molar-refractivity contribution in [2.75, 3.05) is 25.1 Å². The molecule has 38 heavy (non-hydrogen) atoms. The first-order valence-electron chi connectivity index (χ1n) is 12.2. The molecule has 1 fully saturated rings. The number of nitrogens with zero attached hydrogens (tertiary/aromatic N) is 3. The number of fused-ring (bicyclic) bond motifs is 1. The van der Waals surface area contributed by atoms with E-state index in [2.05, 4.69) is 0 Å². The van der Waals surface area contributed by atoms with Crippen LogP contribution in [0.3, 0.4) is 0 Å². The van der Waals surface area contributed by atoms with Crippen LogP contribution >= 0.6 is 11.3 Å². The maximum atomic E-state index is 13.8. The van der Waals surface area contributed by atoms with Gasteiger partial charge in [0.1, 0.15) is 17.0 Å². The van der Waals surface area contributed by atoms with Gasteiger partial charge in [-0.25, -0.2) is 13.4 Å². The van der Waals surface area contributed by atoms with Crippen LogP contribution in [0.15, 0.2) is 64.1 Å². The topological polar surface area (TPSA) is 102 Å². The Morgan fingerprint density at radius 2 is 1.84 bits per heavy atom. The predicted octanol–water partition coefficient (Wildman–Crippen LogP) is 4.85. The molecule has 0 radical (unpaired) electrons. The number of rotatable bonds is 7. The van der Waals surface area contributed by atoms with Crippen molar-refractivity contribution in [1.29, 1.82) is 0 Å². The molecule has 5 rings (SSSR count). The molecule has 3 heterocycles. The van der Waals surface area contributed by atoms with Crippen molar-refractivity contribution in [3.8, 4) is 5.75 Å². The van der Waals surface area contributed by atoms with Gasteiger partial charge in [0.05, 0.1) is 41.7 Å². The first kappa shape index (κ1) is 26.4. The zero-order chi connectivity index (χ0) is 27.0. The number of carbonyl (C=O) groups excluding carboxylic acids is 1. The minimum absolute atomic E-state index is 0.133. The standard InChI is InChI=1S/C27H29N3O6S2/c1-17-7-12-23(34-4)24-25(17)37-27(28-24)30(16-21-6-5-13-35-21)26(31)20-8-10-22(11-9-20)38(32,33)29-14-18(2)36-19(3)15-29/h5-13,18-19H,14-16H2,1-4H3. The Hall–Kier alpha value is -3.25. The molecule has 2 aromatic carbocycles. The normalized spacial score (nSPS) is 18.5. The number of thiazole rings is 1. The first-order chi connectivity index (χ1) is 18.2. The third kappa shape index (κ3) is 5.06. The highest BCUT2D eigenvalue weighted by Crippen LogP contribution is 2.37. The Kier molecular flexibility index (Phi) is 7.28. The number of amides is 1. The molecule has 2 unspecified atom stereocenters. The van der Waals surface area contributed by atoms with Gasteiger partial charge in [0.2, 0.25) is 10.0 Å². The summed E-state index contributed by atoms with van der Waals surface area (Å²) in [4.78, 5) is 20.2. The molecule has 0 aliphatic carbocycles. The Morgan fingerprint density at radius 1 is 1.13 bits per heavy atom. The van der Waals surface area contributed by atoms with Gasteiger partial charge in [-0.1, -0.05) is 17.4 Å². The zero-order valence-corrected chi connectivity index (χ0v) is 23.2. The highest BCUT2D eigenvalue weighted by Gasteiger charge is 2.32. The fourth-order valence-corrected chi connectivity index (χ4v) is 7.20. The third-order valence-electron chi connectivity index (χ3n) is 6.41. The van der Waals surface area contributed by atoms with Gasteiger partial charge in [-0.15, -0.1) is 0 Å². The van der Waals surface area contributed by atoms with Gasteiger partial charge in [0, 0.05) is 18.7 Å². The molecule has 1 aliphatic rings. The summed E-state index contributed by atoms with van der Waals surface area (Å²) in [6.45, 7) is 6.42. The quantitative estimate of drug-likeness (QED) is 0.321. The number of methoxy groups -OCH3 is 1. The molecule has 200 valence electrons. The maximum Gasteiger partial charge on any atom is 0.260 e. The molecule has 2 atom stereocenters. The molecular formula is C27H29N3O6S2. The van der Waals surface area contributed by atoms with E-state index in [9.17, 15) is 13.2 Å². The van der Waals surface area contributed by atoms with Crippen molar-refractivity contribution in [3.05, 3.63) is 71.7 Å². The van der Waals surface area contributed by atoms with E-state index in [1.54, 1.807) is 25.5 Å². The van der Waals surface area contributed by atoms with Crippen molar-refractivity contribution in [2.45, 2.75) is 44.4 Å². The number of morpholine rings is 1. The van der Waals surface area contributed by atoms with E-state index in [0.717, 1.165) is 10.3 Å². The van der Waals surface area contributed by atoms with Crippen molar-refractivity contribution in [2.24, 2.45) is 0 Å². The van der Waals surface area contributed by atoms with E-state index in [-0.39, 0.29) is 42.6 Å². The fourth-order valence-electron chi connectivity index (χ4n) is 4.56. The second-order valence-corrected chi connectivity index (χ2v) is 12.2. The number of anilines is 1. The van der Waals surface area contributed by atoms with Crippen molar-refractivity contribution >= 4 is 42.6 Å². The van der Waals surface area contributed by atoms with E-state index in [0.29, 0.717) is 27.7 Å². The highest BCUT2D eigenvalue weighted by atomic mass is 32.2. The summed E-state index contributed by atoms with van der Waals surface area (Å²) >= 11 is 1.39. The van der Waals surface area contributed by atoms with Crippen LogP contribution in [0.1, 0.15) is 35.5 Å². The number of benzene rings is 2. The van der Waals surface area contributed by atoms with Gasteiger partial charge in [-0.2, -0.15) is 4.31 Å². The van der Waals surface area contributed by atoms with E-state index < -0.39 is 10.0 Å². The summed E-state index contributed by atoms with van der Waals surface area (Å²) in [6.07, 6.45) is 1.16. The van der Waals surface area contributed by atoms with Crippen LogP contribution in [-0.4, -0.2) is 56.0 Å². The molecule has 1 aliphatic heterocycles. The summed E-state index contributed by atoms with van der Waals surface area (Å²) in [5.74, 6) is 0.894. The molecule has 4 aromatic rings. The Morgan fingerprint density at radius 3 is 2.47 bits per heavy atom. The molecule has 0 bridgehead atoms. The second kappa shape index (κ2) is 10.5. The molecule has 9 nitrogen and oxygen atoms in total. The number of ether oxygens (including phenoxy) is 2. The number of furan rings is 1. The molecule has 1 saturated heterocycles. The minimum Gasteiger partial charge on any atom is -0.494 e. The molecule has 0 saturated carbocycles. The molecule has 0 spiro atoms. The van der Waals surface area contributed by atoms with Crippen LogP contribution in [0.5, 0.6) is 5.75 Å². The summed E-state index contributed by atoms with van der Waals surface area (Å²) in [5, 5.41) is 0.488. The number of hydrogen-bond acceptors (Lipinski definition) is 8. The van der Waals surface area contributed by atoms with Crippen molar-refractivity contribution in [3.63, 3.8) is 0 Å². The zero-order valence-electron chi connectivity index (χ0n) is 21.6. The number of sulfonamides is 1. The van der Waals surface area contributed by atoms with Gasteiger partial charge in [-0.05, 0) is 68.8 Å². The van der Waals surface area contributed by atoms with Crippen molar-refractivity contribution < 1.29 is 27.1 Å². The lowest BCUT2D eigenvalue weighted by Crippen LogP contribution is -2.48. The first-order valence-corrected chi connectivity index (χ1v) is 14.5. The molecule has 11 heteroatoms. The lowest BCUT2D eigenvalue weighted by atomic mass is 10.2. The van der Waals surface area contributed by atoms with E-state index in [1.807, 2.05) is 32.9 Å². The largest absolute Gasteiger partial charge is 0.494 e. The van der Waals surface area contributed by atoms with Crippen LogP contribution in [0.2, 0.25) is 0 Å². The summed E-state index contributed by atoms with van der Waals surface area (Å²) in [5.41, 5.74) is 2.04. The average Bonchev–Trinajstić information content (AvgIpc) is 3.57. The van der Waals surface area contributed by atoms with Crippen LogP contribution < -0.4 is 9.64 Å². The minimum atomic E-state index is -3.72. The van der Waals surface area contributed by atoms with Gasteiger partial charge < -0.3 is 13.9 Å². The monoisotopic (exact) mass is 555 g/mol. The molecule has 1 amide bonds. The number of carbonyl (C=O) groups is 1. The molecule has 2 aromatic heterocycles. The van der Waals surface area contributed by atoms with Crippen LogP contribution in [0.4, 0.5) is 5.13 Å². The lowest BCUT2D eigenvalue weighted by Gasteiger charge is -2.34. The van der Waals surface area contributed by atoms with Crippen LogP contribution in [-0.2, 0) is 21.3 Å². The van der Waals surface area contributed by atoms with Gasteiger partial charge in [0.25, 0.3) is 5.91 Å². The Labute approximate surface area is 225 Å². The van der Waals surface area contributed by atoms with Gasteiger partial charge >= 0.3 is 0 Å². The van der Waals surface area contributed by atoms with E-state index in [1.165, 1.54) is 44.8 Å². The molecular weight excluding hydrogens is 526 g/mol. The number of aryl methyl sites for hydroxylation is 1. The van der Waals surface area contributed by atoms with E-state index in [4.69, 9.17) is 18.9 Å². The van der Waals surface area contributed by atoms with E-state index >= 15 is 0 Å². The van der Waals surface area contributed by atoms with Crippen LogP contribution in [0, 0.1) is 6.92 Å². The highest BCUT2D eigenvalue weighted by molar-refractivity contribution is 7.89. The summed E-state index contributed by atoms with van der Waals surface area (Å²) in [7, 11) is -2.14. The number of aromatic nitrogens is 1. The third-order valence-corrected chi connectivity index (χ3v) is 9.47. The predicted molar refractivity (Wildman–Crippen MR) is 145 cm³/mol. The Bertz CT molecular complexity index is 1540. The Balaban J connectivity index is 1.48. The maximum absolute atomic E-state index is 13.8. The van der Waals surface area contributed by atoms with Crippen LogP contribution in [0.25, 0.3) is 10.2 Å². The van der Waals surface area contributed by atoms with Gasteiger partial charge in [0.15, 0.2) is 5.13 Å². The fraction of sp³-hybridized carbons (Fsp3) is 0.333. The summed E-state index contributed by atoms with van der Waals surface area (Å²) in [6, 6.07) is 13.4. The number of hydrogen-bond donors (Lipinski definition) is 0. The molecule has 0 N–H and O–H groups in total. The summed E-state index contributed by atoms with van der Waals surface area (Å²) < 4.78 is 45.6.